The van der Waals surface area contributed by atoms with Crippen LogP contribution >= 0.6 is 11.6 Å². The van der Waals surface area contributed by atoms with Gasteiger partial charge < -0.3 is 5.32 Å². The zero-order valence-electron chi connectivity index (χ0n) is 12.7. The van der Waals surface area contributed by atoms with Gasteiger partial charge in [-0.3, -0.25) is 0 Å². The molecule has 0 bridgehead atoms. The molecule has 2 aromatic rings. The molecule has 0 aromatic heterocycles. The summed E-state index contributed by atoms with van der Waals surface area (Å²) in [6.45, 7) is 7.11. The lowest BCUT2D eigenvalue weighted by Gasteiger charge is -2.23. The van der Waals surface area contributed by atoms with Crippen LogP contribution in [0.5, 0.6) is 0 Å². The first kappa shape index (κ1) is 16.0. The zero-order chi connectivity index (χ0) is 15.4. The lowest BCUT2D eigenvalue weighted by Crippen LogP contribution is -2.24. The highest BCUT2D eigenvalue weighted by molar-refractivity contribution is 6.31. The number of halogens is 2. The maximum atomic E-state index is 13.6. The standard InChI is InChI=1S/C18H21ClFN/c1-4-9-21-18(15-7-5-12(2)10-13(15)3)16-11-14(20)6-8-17(16)19/h5-8,10-11,18,21H,4,9H2,1-3H3. The third kappa shape index (κ3) is 3.84. The van der Waals surface area contributed by atoms with Gasteiger partial charge in [-0.05, 0) is 61.7 Å². The summed E-state index contributed by atoms with van der Waals surface area (Å²) in [5.41, 5.74) is 4.33. The van der Waals surface area contributed by atoms with Crippen molar-refractivity contribution in [2.75, 3.05) is 6.54 Å². The minimum Gasteiger partial charge on any atom is -0.306 e. The Hall–Kier alpha value is -1.38. The van der Waals surface area contributed by atoms with Crippen LogP contribution in [0.4, 0.5) is 4.39 Å². The maximum Gasteiger partial charge on any atom is 0.123 e. The summed E-state index contributed by atoms with van der Waals surface area (Å²) in [6, 6.07) is 10.8. The molecule has 0 aliphatic rings. The van der Waals surface area contributed by atoms with Crippen LogP contribution in [-0.2, 0) is 0 Å². The minimum atomic E-state index is -0.262. The van der Waals surface area contributed by atoms with Gasteiger partial charge in [-0.1, -0.05) is 42.3 Å². The first-order chi connectivity index (χ1) is 10.0. The molecule has 1 atom stereocenters. The molecule has 0 fully saturated rings. The van der Waals surface area contributed by atoms with Crippen LogP contribution in [0.2, 0.25) is 5.02 Å². The molecule has 112 valence electrons. The Labute approximate surface area is 131 Å². The highest BCUT2D eigenvalue weighted by atomic mass is 35.5. The first-order valence-corrected chi connectivity index (χ1v) is 7.66. The van der Waals surface area contributed by atoms with E-state index in [1.54, 1.807) is 6.07 Å². The molecule has 0 heterocycles. The summed E-state index contributed by atoms with van der Waals surface area (Å²) in [5.74, 6) is -0.262. The molecular weight excluding hydrogens is 285 g/mol. The third-order valence-electron chi connectivity index (χ3n) is 3.60. The summed E-state index contributed by atoms with van der Waals surface area (Å²) in [4.78, 5) is 0. The molecule has 21 heavy (non-hydrogen) atoms. The fraction of sp³-hybridized carbons (Fsp3) is 0.333. The number of hydrogen-bond donors (Lipinski definition) is 1. The van der Waals surface area contributed by atoms with E-state index >= 15 is 0 Å². The minimum absolute atomic E-state index is 0.0891. The van der Waals surface area contributed by atoms with Gasteiger partial charge in [0, 0.05) is 5.02 Å². The van der Waals surface area contributed by atoms with Gasteiger partial charge in [0.25, 0.3) is 0 Å². The van der Waals surface area contributed by atoms with Crippen LogP contribution < -0.4 is 5.32 Å². The van der Waals surface area contributed by atoms with Crippen molar-refractivity contribution in [3.05, 3.63) is 69.5 Å². The van der Waals surface area contributed by atoms with E-state index in [2.05, 4.69) is 44.3 Å². The molecular formula is C18H21ClFN. The van der Waals surface area contributed by atoms with Crippen LogP contribution in [0, 0.1) is 19.7 Å². The van der Waals surface area contributed by atoms with Crippen LogP contribution in [0.25, 0.3) is 0 Å². The summed E-state index contributed by atoms with van der Waals surface area (Å²) in [5, 5.41) is 4.07. The highest BCUT2D eigenvalue weighted by Gasteiger charge is 2.18. The van der Waals surface area contributed by atoms with Crippen molar-refractivity contribution >= 4 is 11.6 Å². The van der Waals surface area contributed by atoms with Crippen molar-refractivity contribution in [2.24, 2.45) is 0 Å². The van der Waals surface area contributed by atoms with E-state index in [1.807, 2.05) is 0 Å². The van der Waals surface area contributed by atoms with E-state index in [4.69, 9.17) is 11.6 Å². The van der Waals surface area contributed by atoms with Crippen molar-refractivity contribution in [1.29, 1.82) is 0 Å². The summed E-state index contributed by atoms with van der Waals surface area (Å²) in [7, 11) is 0. The Kier molecular flexibility index (Phi) is 5.38. The van der Waals surface area contributed by atoms with Gasteiger partial charge in [0.1, 0.15) is 5.82 Å². The van der Waals surface area contributed by atoms with Gasteiger partial charge in [-0.25, -0.2) is 4.39 Å². The molecule has 2 rings (SSSR count). The molecule has 1 N–H and O–H groups in total. The lowest BCUT2D eigenvalue weighted by molar-refractivity contribution is 0.584. The van der Waals surface area contributed by atoms with E-state index in [1.165, 1.54) is 23.3 Å². The van der Waals surface area contributed by atoms with Gasteiger partial charge in [0.2, 0.25) is 0 Å². The molecule has 3 heteroatoms. The van der Waals surface area contributed by atoms with Crippen LogP contribution in [0.3, 0.4) is 0 Å². The quantitative estimate of drug-likeness (QED) is 0.802. The largest absolute Gasteiger partial charge is 0.306 e. The smallest absolute Gasteiger partial charge is 0.123 e. The van der Waals surface area contributed by atoms with Gasteiger partial charge in [-0.2, -0.15) is 0 Å². The van der Waals surface area contributed by atoms with Gasteiger partial charge in [-0.15, -0.1) is 0 Å². The van der Waals surface area contributed by atoms with E-state index in [0.29, 0.717) is 5.02 Å². The first-order valence-electron chi connectivity index (χ1n) is 7.28. The second-order valence-corrected chi connectivity index (χ2v) is 5.82. The predicted octanol–water partition coefficient (Wildman–Crippen LogP) is 5.18. The average molecular weight is 306 g/mol. The highest BCUT2D eigenvalue weighted by Crippen LogP contribution is 2.31. The van der Waals surface area contributed by atoms with Gasteiger partial charge in [0.05, 0.1) is 6.04 Å². The van der Waals surface area contributed by atoms with Crippen LogP contribution in [-0.4, -0.2) is 6.54 Å². The molecule has 1 nitrogen and oxygen atoms in total. The molecule has 0 spiro atoms. The number of benzene rings is 2. The SMILES string of the molecule is CCCNC(c1ccc(C)cc1C)c1cc(F)ccc1Cl. The van der Waals surface area contributed by atoms with E-state index in [-0.39, 0.29) is 11.9 Å². The molecule has 1 unspecified atom stereocenters. The second-order valence-electron chi connectivity index (χ2n) is 5.41. The molecule has 0 radical (unpaired) electrons. The summed E-state index contributed by atoms with van der Waals surface area (Å²) >= 11 is 6.30. The Morgan fingerprint density at radius 2 is 1.86 bits per heavy atom. The number of aryl methyl sites for hydroxylation is 2. The summed E-state index contributed by atoms with van der Waals surface area (Å²) < 4.78 is 13.6. The van der Waals surface area contributed by atoms with E-state index in [0.717, 1.165) is 24.1 Å². The van der Waals surface area contributed by atoms with E-state index in [9.17, 15) is 4.39 Å². The third-order valence-corrected chi connectivity index (χ3v) is 3.95. The van der Waals surface area contributed by atoms with Crippen molar-refractivity contribution in [3.8, 4) is 0 Å². The Bertz CT molecular complexity index is 625. The van der Waals surface area contributed by atoms with Gasteiger partial charge in [0.15, 0.2) is 0 Å². The average Bonchev–Trinajstić information content (AvgIpc) is 2.44. The van der Waals surface area contributed by atoms with Gasteiger partial charge >= 0.3 is 0 Å². The number of nitrogens with one attached hydrogen (secondary N) is 1. The lowest BCUT2D eigenvalue weighted by atomic mass is 9.93. The normalized spacial score (nSPS) is 12.4. The van der Waals surface area contributed by atoms with Crippen molar-refractivity contribution in [2.45, 2.75) is 33.2 Å². The molecule has 0 aliphatic carbocycles. The van der Waals surface area contributed by atoms with Crippen molar-refractivity contribution < 1.29 is 4.39 Å². The Balaban J connectivity index is 2.49. The topological polar surface area (TPSA) is 12.0 Å². The van der Waals surface area contributed by atoms with Crippen LogP contribution in [0.15, 0.2) is 36.4 Å². The number of rotatable bonds is 5. The van der Waals surface area contributed by atoms with E-state index < -0.39 is 0 Å². The number of hydrogen-bond acceptors (Lipinski definition) is 1. The molecule has 0 amide bonds. The van der Waals surface area contributed by atoms with Crippen LogP contribution in [0.1, 0.15) is 41.6 Å². The van der Waals surface area contributed by atoms with Crippen molar-refractivity contribution in [1.82, 2.24) is 5.32 Å². The molecule has 0 saturated heterocycles. The second kappa shape index (κ2) is 7.06. The monoisotopic (exact) mass is 305 g/mol. The molecule has 0 aliphatic heterocycles. The van der Waals surface area contributed by atoms with Crippen molar-refractivity contribution in [3.63, 3.8) is 0 Å². The fourth-order valence-electron chi connectivity index (χ4n) is 2.56. The fourth-order valence-corrected chi connectivity index (χ4v) is 2.79. The Morgan fingerprint density at radius 3 is 2.52 bits per heavy atom. The maximum absolute atomic E-state index is 13.6. The zero-order valence-corrected chi connectivity index (χ0v) is 13.5. The predicted molar refractivity (Wildman–Crippen MR) is 87.5 cm³/mol. The Morgan fingerprint density at radius 1 is 1.10 bits per heavy atom. The molecule has 0 saturated carbocycles. The molecule has 2 aromatic carbocycles. The summed E-state index contributed by atoms with van der Waals surface area (Å²) in [6.07, 6.45) is 1.01.